The van der Waals surface area contributed by atoms with Crippen LogP contribution >= 0.6 is 0 Å². The van der Waals surface area contributed by atoms with Crippen LogP contribution in [0.1, 0.15) is 29.3 Å². The zero-order chi connectivity index (χ0) is 14.5. The topological polar surface area (TPSA) is 86.5 Å². The molecule has 19 heavy (non-hydrogen) atoms. The van der Waals surface area contributed by atoms with Crippen molar-refractivity contribution in [2.75, 3.05) is 24.3 Å². The van der Waals surface area contributed by atoms with Crippen molar-refractivity contribution in [3.8, 4) is 0 Å². The van der Waals surface area contributed by atoms with Gasteiger partial charge in [0.15, 0.2) is 0 Å². The van der Waals surface area contributed by atoms with Crippen LogP contribution in [0.25, 0.3) is 0 Å². The van der Waals surface area contributed by atoms with Crippen molar-refractivity contribution in [2.24, 2.45) is 0 Å². The smallest absolute Gasteiger partial charge is 0.340 e. The molecule has 106 valence electrons. The minimum atomic E-state index is -3.03. The van der Waals surface area contributed by atoms with Crippen molar-refractivity contribution in [2.45, 2.75) is 19.8 Å². The minimum Gasteiger partial charge on any atom is -0.462 e. The molecule has 0 bridgehead atoms. The van der Waals surface area contributed by atoms with E-state index in [9.17, 15) is 13.2 Å². The van der Waals surface area contributed by atoms with Gasteiger partial charge in [-0.1, -0.05) is 13.0 Å². The number of esters is 1. The van der Waals surface area contributed by atoms with Crippen LogP contribution in [0.15, 0.2) is 18.2 Å². The van der Waals surface area contributed by atoms with Crippen molar-refractivity contribution in [1.29, 1.82) is 0 Å². The van der Waals surface area contributed by atoms with E-state index in [1.54, 1.807) is 18.2 Å². The molecular weight excluding hydrogens is 266 g/mol. The Hall–Kier alpha value is -1.56. The molecular formula is C13H19NO4S. The molecule has 0 aliphatic heterocycles. The fourth-order valence-corrected chi connectivity index (χ4v) is 2.12. The molecule has 0 atom stereocenters. The highest BCUT2D eigenvalue weighted by Crippen LogP contribution is 2.16. The molecule has 2 N–H and O–H groups in total. The second kappa shape index (κ2) is 6.56. The molecule has 1 rings (SSSR count). The lowest BCUT2D eigenvalue weighted by molar-refractivity contribution is 0.0506. The Kier molecular flexibility index (Phi) is 5.35. The van der Waals surface area contributed by atoms with Gasteiger partial charge < -0.3 is 10.5 Å². The largest absolute Gasteiger partial charge is 0.462 e. The summed E-state index contributed by atoms with van der Waals surface area (Å²) < 4.78 is 27.3. The number of benzene rings is 1. The summed E-state index contributed by atoms with van der Waals surface area (Å²) >= 11 is 0. The molecule has 0 aliphatic carbocycles. The second-order valence-corrected chi connectivity index (χ2v) is 6.70. The van der Waals surface area contributed by atoms with E-state index in [1.807, 2.05) is 6.92 Å². The summed E-state index contributed by atoms with van der Waals surface area (Å²) in [5.41, 5.74) is 7.11. The summed E-state index contributed by atoms with van der Waals surface area (Å²) in [6.07, 6.45) is 2.27. The number of hydrogen-bond acceptors (Lipinski definition) is 5. The number of carbonyl (C=O) groups is 1. The van der Waals surface area contributed by atoms with Crippen LogP contribution in [0.3, 0.4) is 0 Å². The third kappa shape index (κ3) is 5.30. The first kappa shape index (κ1) is 15.5. The van der Waals surface area contributed by atoms with E-state index in [2.05, 4.69) is 0 Å². The Morgan fingerprint density at radius 3 is 2.63 bits per heavy atom. The van der Waals surface area contributed by atoms with Gasteiger partial charge in [-0.2, -0.15) is 0 Å². The third-order valence-corrected chi connectivity index (χ3v) is 3.48. The summed E-state index contributed by atoms with van der Waals surface area (Å²) in [4.78, 5) is 11.8. The maximum Gasteiger partial charge on any atom is 0.340 e. The molecule has 1 aromatic carbocycles. The number of rotatable bonds is 6. The first-order valence-corrected chi connectivity index (χ1v) is 8.13. The lowest BCUT2D eigenvalue weighted by atomic mass is 10.1. The Balaban J connectivity index is 2.85. The van der Waals surface area contributed by atoms with Gasteiger partial charge in [0.2, 0.25) is 0 Å². The van der Waals surface area contributed by atoms with Gasteiger partial charge in [-0.05, 0) is 30.5 Å². The predicted octanol–water partition coefficient (Wildman–Crippen LogP) is 1.42. The van der Waals surface area contributed by atoms with Crippen molar-refractivity contribution in [3.63, 3.8) is 0 Å². The second-order valence-electron chi connectivity index (χ2n) is 4.44. The molecule has 0 radical (unpaired) electrons. The SMILES string of the molecule is CCCOC(=O)c1cc(CCS(C)(=O)=O)ccc1N. The summed E-state index contributed by atoms with van der Waals surface area (Å²) in [6.45, 7) is 2.24. The van der Waals surface area contributed by atoms with Gasteiger partial charge in [0.1, 0.15) is 9.84 Å². The number of sulfone groups is 1. The van der Waals surface area contributed by atoms with Crippen molar-refractivity contribution < 1.29 is 17.9 Å². The van der Waals surface area contributed by atoms with Gasteiger partial charge in [0.05, 0.1) is 17.9 Å². The molecule has 1 aromatic rings. The quantitative estimate of drug-likeness (QED) is 0.631. The third-order valence-electron chi connectivity index (χ3n) is 2.54. The highest BCUT2D eigenvalue weighted by Gasteiger charge is 2.12. The average molecular weight is 285 g/mol. The summed E-state index contributed by atoms with van der Waals surface area (Å²) in [7, 11) is -3.03. The van der Waals surface area contributed by atoms with Gasteiger partial charge in [0.25, 0.3) is 0 Å². The zero-order valence-electron chi connectivity index (χ0n) is 11.2. The number of hydrogen-bond donors (Lipinski definition) is 1. The van der Waals surface area contributed by atoms with E-state index in [-0.39, 0.29) is 5.75 Å². The van der Waals surface area contributed by atoms with E-state index in [4.69, 9.17) is 10.5 Å². The van der Waals surface area contributed by atoms with Gasteiger partial charge in [-0.25, -0.2) is 13.2 Å². The Morgan fingerprint density at radius 1 is 1.37 bits per heavy atom. The Morgan fingerprint density at radius 2 is 2.05 bits per heavy atom. The van der Waals surface area contributed by atoms with E-state index >= 15 is 0 Å². The normalized spacial score (nSPS) is 11.3. The zero-order valence-corrected chi connectivity index (χ0v) is 12.0. The number of carbonyl (C=O) groups excluding carboxylic acids is 1. The molecule has 5 nitrogen and oxygen atoms in total. The number of anilines is 1. The molecule has 0 saturated carbocycles. The van der Waals surface area contributed by atoms with Gasteiger partial charge in [-0.15, -0.1) is 0 Å². The fourth-order valence-electron chi connectivity index (χ4n) is 1.51. The highest BCUT2D eigenvalue weighted by atomic mass is 32.2. The van der Waals surface area contributed by atoms with Crippen molar-refractivity contribution in [1.82, 2.24) is 0 Å². The summed E-state index contributed by atoms with van der Waals surface area (Å²) in [5, 5.41) is 0. The Labute approximate surface area is 113 Å². The molecule has 0 amide bonds. The van der Waals surface area contributed by atoms with Gasteiger partial charge >= 0.3 is 5.97 Å². The molecule has 0 aliphatic rings. The van der Waals surface area contributed by atoms with Crippen molar-refractivity contribution in [3.05, 3.63) is 29.3 Å². The van der Waals surface area contributed by atoms with Crippen LogP contribution in [-0.4, -0.2) is 33.0 Å². The standard InChI is InChI=1S/C13H19NO4S/c1-3-7-18-13(15)11-9-10(4-5-12(11)14)6-8-19(2,16)17/h4-5,9H,3,6-8,14H2,1-2H3. The van der Waals surface area contributed by atoms with Crippen LogP contribution in [0.5, 0.6) is 0 Å². The molecule has 0 fully saturated rings. The first-order chi connectivity index (χ1) is 8.83. The van der Waals surface area contributed by atoms with Crippen LogP contribution in [0.4, 0.5) is 5.69 Å². The monoisotopic (exact) mass is 285 g/mol. The number of nitrogen functional groups attached to an aromatic ring is 1. The summed E-state index contributed by atoms with van der Waals surface area (Å²) in [5.74, 6) is -0.430. The lowest BCUT2D eigenvalue weighted by Crippen LogP contribution is -2.11. The lowest BCUT2D eigenvalue weighted by Gasteiger charge is -2.08. The van der Waals surface area contributed by atoms with Gasteiger partial charge in [-0.3, -0.25) is 0 Å². The first-order valence-electron chi connectivity index (χ1n) is 6.06. The van der Waals surface area contributed by atoms with Crippen LogP contribution in [0, 0.1) is 0 Å². The molecule has 0 aromatic heterocycles. The van der Waals surface area contributed by atoms with E-state index < -0.39 is 15.8 Å². The van der Waals surface area contributed by atoms with Crippen LogP contribution in [-0.2, 0) is 21.0 Å². The predicted molar refractivity (Wildman–Crippen MR) is 74.8 cm³/mol. The number of nitrogens with two attached hydrogens (primary N) is 1. The molecule has 0 heterocycles. The van der Waals surface area contributed by atoms with Crippen molar-refractivity contribution >= 4 is 21.5 Å². The molecule has 0 saturated heterocycles. The van der Waals surface area contributed by atoms with Crippen LogP contribution < -0.4 is 5.73 Å². The number of aryl methyl sites for hydroxylation is 1. The maximum atomic E-state index is 11.8. The van der Waals surface area contributed by atoms with E-state index in [0.717, 1.165) is 12.0 Å². The highest BCUT2D eigenvalue weighted by molar-refractivity contribution is 7.90. The Bertz CT molecular complexity index is 552. The minimum absolute atomic E-state index is 0.0420. The molecule has 6 heteroatoms. The maximum absolute atomic E-state index is 11.8. The molecule has 0 spiro atoms. The molecule has 0 unspecified atom stereocenters. The fraction of sp³-hybridized carbons (Fsp3) is 0.462. The van der Waals surface area contributed by atoms with Gasteiger partial charge in [0, 0.05) is 11.9 Å². The van der Waals surface area contributed by atoms with E-state index in [0.29, 0.717) is 24.3 Å². The average Bonchev–Trinajstić information content (AvgIpc) is 2.34. The van der Waals surface area contributed by atoms with Crippen LogP contribution in [0.2, 0.25) is 0 Å². The van der Waals surface area contributed by atoms with E-state index in [1.165, 1.54) is 6.26 Å². The number of ether oxygens (including phenoxy) is 1. The summed E-state index contributed by atoms with van der Waals surface area (Å²) in [6, 6.07) is 4.91.